The van der Waals surface area contributed by atoms with Crippen molar-refractivity contribution in [1.29, 1.82) is 5.26 Å². The molecule has 2 aromatic carbocycles. The van der Waals surface area contributed by atoms with Crippen LogP contribution in [0.4, 0.5) is 0 Å². The highest BCUT2D eigenvalue weighted by Gasteiger charge is 2.13. The zero-order chi connectivity index (χ0) is 19.9. The molecule has 140 valence electrons. The highest BCUT2D eigenvalue weighted by Crippen LogP contribution is 2.15. The van der Waals surface area contributed by atoms with Crippen LogP contribution in [0.1, 0.15) is 23.6 Å². The van der Waals surface area contributed by atoms with Crippen LogP contribution in [0.2, 0.25) is 0 Å². The third-order valence-electron chi connectivity index (χ3n) is 3.94. The number of rotatable bonds is 7. The van der Waals surface area contributed by atoms with Gasteiger partial charge in [0, 0.05) is 12.6 Å². The molecule has 0 saturated heterocycles. The quantitative estimate of drug-likeness (QED) is 0.585. The summed E-state index contributed by atoms with van der Waals surface area (Å²) < 4.78 is 31.7. The number of ether oxygens (including phenoxy) is 1. The summed E-state index contributed by atoms with van der Waals surface area (Å²) in [5.74, 6) is -0.409. The molecular weight excluding hydrogens is 364 g/mol. The fourth-order valence-corrected chi connectivity index (χ4v) is 3.41. The number of carbonyl (C=O) groups excluding carboxylic acids is 1. The SMILES string of the molecule is COC(=O)/C=C(\C)c1ccc(CCNS(=O)(=O)c2ccc(C#N)cc2)cc1. The normalized spacial score (nSPS) is 11.7. The molecule has 0 aliphatic carbocycles. The second kappa shape index (κ2) is 9.12. The summed E-state index contributed by atoms with van der Waals surface area (Å²) >= 11 is 0. The van der Waals surface area contributed by atoms with Gasteiger partial charge in [0.2, 0.25) is 10.0 Å². The average Bonchev–Trinajstić information content (AvgIpc) is 2.68. The van der Waals surface area contributed by atoms with Gasteiger partial charge in [0.05, 0.1) is 23.6 Å². The van der Waals surface area contributed by atoms with Crippen LogP contribution in [0.25, 0.3) is 5.57 Å². The minimum absolute atomic E-state index is 0.125. The predicted octanol–water partition coefficient (Wildman–Crippen LogP) is 2.66. The molecule has 2 rings (SSSR count). The van der Waals surface area contributed by atoms with Crippen molar-refractivity contribution < 1.29 is 17.9 Å². The fourth-order valence-electron chi connectivity index (χ4n) is 2.38. The number of nitrogens with zero attached hydrogens (tertiary/aromatic N) is 1. The maximum atomic E-state index is 12.3. The highest BCUT2D eigenvalue weighted by molar-refractivity contribution is 7.89. The Bertz CT molecular complexity index is 970. The number of methoxy groups -OCH3 is 1. The molecule has 0 amide bonds. The molecule has 0 atom stereocenters. The third-order valence-corrected chi connectivity index (χ3v) is 5.42. The molecule has 2 aromatic rings. The second-order valence-corrected chi connectivity index (χ2v) is 7.60. The minimum atomic E-state index is -3.61. The van der Waals surface area contributed by atoms with E-state index in [4.69, 9.17) is 5.26 Å². The van der Waals surface area contributed by atoms with Gasteiger partial charge in [-0.1, -0.05) is 24.3 Å². The van der Waals surface area contributed by atoms with Crippen LogP contribution in [0, 0.1) is 11.3 Å². The molecule has 0 heterocycles. The molecule has 0 unspecified atom stereocenters. The zero-order valence-electron chi connectivity index (χ0n) is 15.1. The molecule has 0 bridgehead atoms. The predicted molar refractivity (Wildman–Crippen MR) is 102 cm³/mol. The Morgan fingerprint density at radius 2 is 1.78 bits per heavy atom. The number of hydrogen-bond acceptors (Lipinski definition) is 5. The molecule has 1 N–H and O–H groups in total. The van der Waals surface area contributed by atoms with E-state index in [1.165, 1.54) is 37.5 Å². The lowest BCUT2D eigenvalue weighted by Crippen LogP contribution is -2.26. The molecule has 0 spiro atoms. The first-order valence-electron chi connectivity index (χ1n) is 8.21. The Morgan fingerprint density at radius 3 is 2.33 bits per heavy atom. The second-order valence-electron chi connectivity index (χ2n) is 5.83. The van der Waals surface area contributed by atoms with Gasteiger partial charge in [-0.05, 0) is 54.3 Å². The summed E-state index contributed by atoms with van der Waals surface area (Å²) in [6.07, 6.45) is 1.94. The zero-order valence-corrected chi connectivity index (χ0v) is 15.9. The van der Waals surface area contributed by atoms with Gasteiger partial charge in [-0.3, -0.25) is 0 Å². The molecule has 0 fully saturated rings. The average molecular weight is 384 g/mol. The molecule has 6 nitrogen and oxygen atoms in total. The topological polar surface area (TPSA) is 96.3 Å². The van der Waals surface area contributed by atoms with Crippen LogP contribution in [0.5, 0.6) is 0 Å². The molecule has 0 aromatic heterocycles. The van der Waals surface area contributed by atoms with E-state index in [0.29, 0.717) is 12.0 Å². The molecule has 0 saturated carbocycles. The number of allylic oxidation sites excluding steroid dienone is 1. The lowest BCUT2D eigenvalue weighted by atomic mass is 10.0. The van der Waals surface area contributed by atoms with E-state index in [-0.39, 0.29) is 11.4 Å². The lowest BCUT2D eigenvalue weighted by molar-refractivity contribution is -0.134. The summed E-state index contributed by atoms with van der Waals surface area (Å²) in [5, 5.41) is 8.77. The monoisotopic (exact) mass is 384 g/mol. The molecular formula is C20H20N2O4S. The van der Waals surface area contributed by atoms with Crippen LogP contribution in [0.15, 0.2) is 59.5 Å². The third kappa shape index (κ3) is 5.78. The van der Waals surface area contributed by atoms with Crippen molar-refractivity contribution >= 4 is 21.6 Å². The largest absolute Gasteiger partial charge is 0.466 e. The van der Waals surface area contributed by atoms with Crippen LogP contribution in [0.3, 0.4) is 0 Å². The maximum absolute atomic E-state index is 12.3. The van der Waals surface area contributed by atoms with Gasteiger partial charge in [0.1, 0.15) is 0 Å². The number of carbonyl (C=O) groups is 1. The first-order valence-corrected chi connectivity index (χ1v) is 9.69. The molecule has 0 aliphatic rings. The van der Waals surface area contributed by atoms with E-state index in [2.05, 4.69) is 9.46 Å². The van der Waals surface area contributed by atoms with E-state index < -0.39 is 16.0 Å². The van der Waals surface area contributed by atoms with Crippen LogP contribution < -0.4 is 4.72 Å². The number of nitrogens with one attached hydrogen (secondary N) is 1. The van der Waals surface area contributed by atoms with Gasteiger partial charge < -0.3 is 4.74 Å². The number of hydrogen-bond donors (Lipinski definition) is 1. The first-order chi connectivity index (χ1) is 12.9. The highest BCUT2D eigenvalue weighted by atomic mass is 32.2. The smallest absolute Gasteiger partial charge is 0.330 e. The van der Waals surface area contributed by atoms with Crippen molar-refractivity contribution in [2.45, 2.75) is 18.2 Å². The van der Waals surface area contributed by atoms with E-state index in [9.17, 15) is 13.2 Å². The van der Waals surface area contributed by atoms with Crippen molar-refractivity contribution in [1.82, 2.24) is 4.72 Å². The van der Waals surface area contributed by atoms with Gasteiger partial charge in [-0.25, -0.2) is 17.9 Å². The summed E-state index contributed by atoms with van der Waals surface area (Å²) in [6, 6.07) is 15.2. The standard InChI is InChI=1S/C20H20N2O4S/c1-15(13-20(23)26-2)18-7-3-16(4-8-18)11-12-22-27(24,25)19-9-5-17(14-21)6-10-19/h3-10,13,22H,11-12H2,1-2H3/b15-13+. The number of nitriles is 1. The lowest BCUT2D eigenvalue weighted by Gasteiger charge is -2.08. The van der Waals surface area contributed by atoms with Gasteiger partial charge >= 0.3 is 5.97 Å². The summed E-state index contributed by atoms with van der Waals surface area (Å²) in [6.45, 7) is 2.07. The van der Waals surface area contributed by atoms with E-state index in [1.54, 1.807) is 0 Å². The van der Waals surface area contributed by atoms with Gasteiger partial charge in [0.15, 0.2) is 0 Å². The first kappa shape index (κ1) is 20.4. The molecule has 0 radical (unpaired) electrons. The molecule has 0 aliphatic heterocycles. The van der Waals surface area contributed by atoms with Crippen molar-refractivity contribution in [3.63, 3.8) is 0 Å². The Hall–Kier alpha value is -2.95. The van der Waals surface area contributed by atoms with Gasteiger partial charge in [0.25, 0.3) is 0 Å². The van der Waals surface area contributed by atoms with Crippen molar-refractivity contribution in [3.05, 3.63) is 71.3 Å². The van der Waals surface area contributed by atoms with Crippen LogP contribution in [-0.2, 0) is 26.0 Å². The number of benzene rings is 2. The van der Waals surface area contributed by atoms with E-state index >= 15 is 0 Å². The van der Waals surface area contributed by atoms with Crippen molar-refractivity contribution in [2.24, 2.45) is 0 Å². The fraction of sp³-hybridized carbons (Fsp3) is 0.200. The van der Waals surface area contributed by atoms with Crippen LogP contribution >= 0.6 is 0 Å². The minimum Gasteiger partial charge on any atom is -0.466 e. The van der Waals surface area contributed by atoms with Gasteiger partial charge in [-0.15, -0.1) is 0 Å². The van der Waals surface area contributed by atoms with Crippen molar-refractivity contribution in [3.8, 4) is 6.07 Å². The maximum Gasteiger partial charge on any atom is 0.330 e. The summed E-state index contributed by atoms with van der Waals surface area (Å²) in [4.78, 5) is 11.4. The Kier molecular flexibility index (Phi) is 6.88. The number of sulfonamides is 1. The Labute approximate surface area is 159 Å². The summed E-state index contributed by atoms with van der Waals surface area (Å²) in [5.41, 5.74) is 3.05. The van der Waals surface area contributed by atoms with Crippen LogP contribution in [-0.4, -0.2) is 28.0 Å². The molecule has 7 heteroatoms. The van der Waals surface area contributed by atoms with Gasteiger partial charge in [-0.2, -0.15) is 5.26 Å². The number of esters is 1. The Morgan fingerprint density at radius 1 is 1.15 bits per heavy atom. The van der Waals surface area contributed by atoms with E-state index in [1.807, 2.05) is 37.3 Å². The van der Waals surface area contributed by atoms with Crippen molar-refractivity contribution in [2.75, 3.05) is 13.7 Å². The summed E-state index contributed by atoms with van der Waals surface area (Å²) in [7, 11) is -2.29. The van der Waals surface area contributed by atoms with E-state index in [0.717, 1.165) is 16.7 Å². The Balaban J connectivity index is 1.95. The molecule has 27 heavy (non-hydrogen) atoms.